The van der Waals surface area contributed by atoms with Gasteiger partial charge in [-0.25, -0.2) is 0 Å². The molecule has 0 aliphatic heterocycles. The van der Waals surface area contributed by atoms with E-state index in [9.17, 15) is 0 Å². The van der Waals surface area contributed by atoms with Crippen LogP contribution in [0.4, 0.5) is 0 Å². The topological polar surface area (TPSA) is 12.0 Å². The lowest BCUT2D eigenvalue weighted by atomic mass is 9.81. The van der Waals surface area contributed by atoms with Crippen LogP contribution in [-0.2, 0) is 0 Å². The molecule has 0 spiro atoms. The number of hydrogen-bond acceptors (Lipinski definition) is 1. The third-order valence-electron chi connectivity index (χ3n) is 3.58. The SMILES string of the molecule is CCC(C)CC(CC)C(CC)CNC. The highest BCUT2D eigenvalue weighted by molar-refractivity contribution is 4.71. The molecular weight excluding hydrogens is 170 g/mol. The summed E-state index contributed by atoms with van der Waals surface area (Å²) in [5, 5.41) is 3.32. The van der Waals surface area contributed by atoms with Gasteiger partial charge in [-0.2, -0.15) is 0 Å². The van der Waals surface area contributed by atoms with Crippen LogP contribution in [0.15, 0.2) is 0 Å². The second-order valence-electron chi connectivity index (χ2n) is 4.64. The van der Waals surface area contributed by atoms with Crippen LogP contribution < -0.4 is 5.32 Å². The van der Waals surface area contributed by atoms with Gasteiger partial charge in [0, 0.05) is 0 Å². The molecule has 0 rings (SSSR count). The zero-order chi connectivity index (χ0) is 11.0. The molecule has 86 valence electrons. The van der Waals surface area contributed by atoms with Crippen molar-refractivity contribution in [2.75, 3.05) is 13.6 Å². The Hall–Kier alpha value is -0.0400. The van der Waals surface area contributed by atoms with Gasteiger partial charge in [0.15, 0.2) is 0 Å². The molecule has 0 aromatic heterocycles. The first kappa shape index (κ1) is 14.0. The highest BCUT2D eigenvalue weighted by atomic mass is 14.8. The van der Waals surface area contributed by atoms with E-state index in [1.807, 2.05) is 0 Å². The van der Waals surface area contributed by atoms with Gasteiger partial charge in [0.1, 0.15) is 0 Å². The first-order valence-electron chi connectivity index (χ1n) is 6.34. The van der Waals surface area contributed by atoms with Crippen LogP contribution in [-0.4, -0.2) is 13.6 Å². The Morgan fingerprint density at radius 2 is 1.50 bits per heavy atom. The van der Waals surface area contributed by atoms with Gasteiger partial charge >= 0.3 is 0 Å². The van der Waals surface area contributed by atoms with Crippen LogP contribution in [0.25, 0.3) is 0 Å². The maximum absolute atomic E-state index is 3.32. The van der Waals surface area contributed by atoms with E-state index in [-0.39, 0.29) is 0 Å². The van der Waals surface area contributed by atoms with Gasteiger partial charge in [0.2, 0.25) is 0 Å². The van der Waals surface area contributed by atoms with Crippen molar-refractivity contribution < 1.29 is 0 Å². The lowest BCUT2D eigenvalue weighted by Crippen LogP contribution is -2.26. The smallest absolute Gasteiger partial charge is 0.00210 e. The third-order valence-corrected chi connectivity index (χ3v) is 3.58. The van der Waals surface area contributed by atoms with Crippen molar-refractivity contribution in [1.29, 1.82) is 0 Å². The molecule has 1 heteroatoms. The molecule has 0 aromatic rings. The largest absolute Gasteiger partial charge is 0.319 e. The van der Waals surface area contributed by atoms with E-state index in [1.165, 1.54) is 32.2 Å². The number of hydrogen-bond donors (Lipinski definition) is 1. The van der Waals surface area contributed by atoms with Crippen LogP contribution in [0.2, 0.25) is 0 Å². The zero-order valence-corrected chi connectivity index (χ0v) is 10.8. The fourth-order valence-corrected chi connectivity index (χ4v) is 2.28. The predicted molar refractivity (Wildman–Crippen MR) is 65.6 cm³/mol. The van der Waals surface area contributed by atoms with Crippen molar-refractivity contribution >= 4 is 0 Å². The normalized spacial score (nSPS) is 17.8. The second kappa shape index (κ2) is 8.28. The van der Waals surface area contributed by atoms with Gasteiger partial charge in [-0.15, -0.1) is 0 Å². The van der Waals surface area contributed by atoms with Crippen molar-refractivity contribution in [3.05, 3.63) is 0 Å². The van der Waals surface area contributed by atoms with E-state index in [0.717, 1.165) is 17.8 Å². The van der Waals surface area contributed by atoms with Gasteiger partial charge in [-0.05, 0) is 37.8 Å². The summed E-state index contributed by atoms with van der Waals surface area (Å²) in [7, 11) is 2.07. The highest BCUT2D eigenvalue weighted by Gasteiger charge is 2.19. The molecule has 0 fully saturated rings. The van der Waals surface area contributed by atoms with Crippen molar-refractivity contribution in [1.82, 2.24) is 5.32 Å². The maximum atomic E-state index is 3.32. The van der Waals surface area contributed by atoms with Gasteiger partial charge in [-0.3, -0.25) is 0 Å². The van der Waals surface area contributed by atoms with Crippen molar-refractivity contribution in [2.45, 2.75) is 53.4 Å². The minimum absolute atomic E-state index is 0.874. The Morgan fingerprint density at radius 1 is 0.929 bits per heavy atom. The lowest BCUT2D eigenvalue weighted by molar-refractivity contribution is 0.252. The molecular formula is C13H29N. The van der Waals surface area contributed by atoms with Crippen molar-refractivity contribution in [2.24, 2.45) is 17.8 Å². The summed E-state index contributed by atoms with van der Waals surface area (Å²) in [6.07, 6.45) is 5.39. The van der Waals surface area contributed by atoms with Crippen LogP contribution in [0, 0.1) is 17.8 Å². The van der Waals surface area contributed by atoms with E-state index in [4.69, 9.17) is 0 Å². The minimum Gasteiger partial charge on any atom is -0.319 e. The quantitative estimate of drug-likeness (QED) is 0.628. The second-order valence-corrected chi connectivity index (χ2v) is 4.64. The Kier molecular flexibility index (Phi) is 8.26. The molecule has 0 heterocycles. The lowest BCUT2D eigenvalue weighted by Gasteiger charge is -2.27. The van der Waals surface area contributed by atoms with E-state index in [0.29, 0.717) is 0 Å². The third kappa shape index (κ3) is 4.99. The van der Waals surface area contributed by atoms with Crippen LogP contribution in [0.5, 0.6) is 0 Å². The highest BCUT2D eigenvalue weighted by Crippen LogP contribution is 2.27. The van der Waals surface area contributed by atoms with Gasteiger partial charge < -0.3 is 5.32 Å². The molecule has 14 heavy (non-hydrogen) atoms. The summed E-state index contributed by atoms with van der Waals surface area (Å²) >= 11 is 0. The van der Waals surface area contributed by atoms with Crippen LogP contribution in [0.1, 0.15) is 53.4 Å². The van der Waals surface area contributed by atoms with E-state index in [1.54, 1.807) is 0 Å². The first-order chi connectivity index (χ1) is 6.69. The zero-order valence-electron chi connectivity index (χ0n) is 10.8. The Labute approximate surface area is 90.7 Å². The van der Waals surface area contributed by atoms with Crippen LogP contribution >= 0.6 is 0 Å². The summed E-state index contributed by atoms with van der Waals surface area (Å²) < 4.78 is 0. The minimum atomic E-state index is 0.874. The summed E-state index contributed by atoms with van der Waals surface area (Å²) in [4.78, 5) is 0. The Bertz CT molecular complexity index is 122. The predicted octanol–water partition coefficient (Wildman–Crippen LogP) is 3.69. The fourth-order valence-electron chi connectivity index (χ4n) is 2.28. The molecule has 0 saturated heterocycles. The van der Waals surface area contributed by atoms with Crippen LogP contribution in [0.3, 0.4) is 0 Å². The van der Waals surface area contributed by atoms with Gasteiger partial charge in [0.05, 0.1) is 0 Å². The number of nitrogens with one attached hydrogen (secondary N) is 1. The standard InChI is InChI=1S/C13H29N/c1-6-11(4)9-12(7-2)13(8-3)10-14-5/h11-14H,6-10H2,1-5H3. The Morgan fingerprint density at radius 3 is 1.86 bits per heavy atom. The average molecular weight is 199 g/mol. The fraction of sp³-hybridized carbons (Fsp3) is 1.00. The van der Waals surface area contributed by atoms with E-state index in [2.05, 4.69) is 40.1 Å². The van der Waals surface area contributed by atoms with Crippen molar-refractivity contribution in [3.8, 4) is 0 Å². The summed E-state index contributed by atoms with van der Waals surface area (Å²) in [5.41, 5.74) is 0. The maximum Gasteiger partial charge on any atom is -0.00210 e. The molecule has 1 nitrogen and oxygen atoms in total. The number of rotatable bonds is 8. The monoisotopic (exact) mass is 199 g/mol. The summed E-state index contributed by atoms with van der Waals surface area (Å²) in [6.45, 7) is 10.5. The van der Waals surface area contributed by atoms with E-state index >= 15 is 0 Å². The molecule has 0 aliphatic rings. The molecule has 3 atom stereocenters. The summed E-state index contributed by atoms with van der Waals surface area (Å²) in [5.74, 6) is 2.69. The molecule has 0 radical (unpaired) electrons. The molecule has 0 saturated carbocycles. The molecule has 0 aliphatic carbocycles. The van der Waals surface area contributed by atoms with Gasteiger partial charge in [0.25, 0.3) is 0 Å². The average Bonchev–Trinajstić information content (AvgIpc) is 2.22. The van der Waals surface area contributed by atoms with Gasteiger partial charge in [-0.1, -0.05) is 47.0 Å². The summed E-state index contributed by atoms with van der Waals surface area (Å²) in [6, 6.07) is 0. The molecule has 0 amide bonds. The molecule has 0 bridgehead atoms. The molecule has 0 aromatic carbocycles. The Balaban J connectivity index is 4.06. The van der Waals surface area contributed by atoms with Crippen molar-refractivity contribution in [3.63, 3.8) is 0 Å². The first-order valence-corrected chi connectivity index (χ1v) is 6.34. The molecule has 3 unspecified atom stereocenters. The van der Waals surface area contributed by atoms with E-state index < -0.39 is 0 Å². The molecule has 1 N–H and O–H groups in total.